The number of nitrogens with one attached hydrogen (secondary N) is 1. The van der Waals surface area contributed by atoms with Crippen LogP contribution in [0.25, 0.3) is 0 Å². The third-order valence-electron chi connectivity index (χ3n) is 2.73. The second kappa shape index (κ2) is 3.77. The van der Waals surface area contributed by atoms with E-state index in [9.17, 15) is 4.79 Å². The quantitative estimate of drug-likeness (QED) is 0.765. The maximum atomic E-state index is 11.6. The third-order valence-corrected chi connectivity index (χ3v) is 3.02. The van der Waals surface area contributed by atoms with E-state index in [2.05, 4.69) is 31.0 Å². The molecule has 0 bridgehead atoms. The number of aromatic amines is 1. The molecule has 0 aromatic carbocycles. The van der Waals surface area contributed by atoms with E-state index in [1.807, 2.05) is 6.07 Å². The first-order valence-corrected chi connectivity index (χ1v) is 5.82. The van der Waals surface area contributed by atoms with E-state index in [-0.39, 0.29) is 16.7 Å². The number of amides is 1. The highest BCUT2D eigenvalue weighted by molar-refractivity contribution is 6.24. The minimum Gasteiger partial charge on any atom is -0.294 e. The van der Waals surface area contributed by atoms with Crippen LogP contribution in [0, 0.1) is 0 Å². The van der Waals surface area contributed by atoms with Gasteiger partial charge in [0.2, 0.25) is 5.91 Å². The van der Waals surface area contributed by atoms with Crippen molar-refractivity contribution in [3.8, 4) is 0 Å². The molecule has 1 aliphatic rings. The molecule has 0 saturated carbocycles. The van der Waals surface area contributed by atoms with Gasteiger partial charge in [-0.15, -0.1) is 11.6 Å². The number of alkyl halides is 1. The number of carbonyl (C=O) groups excluding carboxylic acids is 1. The summed E-state index contributed by atoms with van der Waals surface area (Å²) in [6, 6.07) is 1.92. The Balaban J connectivity index is 2.23. The summed E-state index contributed by atoms with van der Waals surface area (Å²) in [6.45, 7) is 6.84. The zero-order valence-electron chi connectivity index (χ0n) is 9.75. The summed E-state index contributed by atoms with van der Waals surface area (Å²) < 4.78 is 0. The SMILES string of the molecule is CC(C)(C)c1cc(N2CC(Cl)CC2=O)n[nH]1. The first-order valence-electron chi connectivity index (χ1n) is 5.38. The van der Waals surface area contributed by atoms with Crippen LogP contribution < -0.4 is 4.90 Å². The number of carbonyl (C=O) groups is 1. The molecule has 1 N–H and O–H groups in total. The Morgan fingerprint density at radius 1 is 1.56 bits per heavy atom. The Bertz CT molecular complexity index is 408. The molecule has 2 rings (SSSR count). The number of halogens is 1. The summed E-state index contributed by atoms with van der Waals surface area (Å²) in [5.41, 5.74) is 1.03. The Labute approximate surface area is 100.0 Å². The van der Waals surface area contributed by atoms with Gasteiger partial charge in [-0.3, -0.25) is 14.8 Å². The Hall–Kier alpha value is -1.03. The second-order valence-corrected chi connectivity index (χ2v) is 5.81. The summed E-state index contributed by atoms with van der Waals surface area (Å²) in [4.78, 5) is 13.3. The van der Waals surface area contributed by atoms with Crippen molar-refractivity contribution in [1.82, 2.24) is 10.2 Å². The van der Waals surface area contributed by atoms with Crippen LogP contribution in [0.4, 0.5) is 5.82 Å². The Morgan fingerprint density at radius 2 is 2.25 bits per heavy atom. The zero-order chi connectivity index (χ0) is 11.9. The molecule has 1 amide bonds. The van der Waals surface area contributed by atoms with Gasteiger partial charge in [-0.2, -0.15) is 5.10 Å². The van der Waals surface area contributed by atoms with Gasteiger partial charge in [-0.1, -0.05) is 20.8 Å². The summed E-state index contributed by atoms with van der Waals surface area (Å²) >= 11 is 5.95. The lowest BCUT2D eigenvalue weighted by Gasteiger charge is -2.15. The molecule has 2 heterocycles. The average molecular weight is 242 g/mol. The molecule has 88 valence electrons. The number of rotatable bonds is 1. The van der Waals surface area contributed by atoms with Gasteiger partial charge in [0.05, 0.1) is 5.38 Å². The average Bonchev–Trinajstić information content (AvgIpc) is 2.70. The minimum absolute atomic E-state index is 0.00832. The number of hydrogen-bond acceptors (Lipinski definition) is 2. The molecule has 0 aliphatic carbocycles. The predicted molar refractivity (Wildman–Crippen MR) is 63.9 cm³/mol. The lowest BCUT2D eigenvalue weighted by molar-refractivity contribution is -0.117. The molecule has 0 spiro atoms. The summed E-state index contributed by atoms with van der Waals surface area (Å²) in [5.74, 6) is 0.727. The second-order valence-electron chi connectivity index (χ2n) is 5.20. The fourth-order valence-corrected chi connectivity index (χ4v) is 1.99. The van der Waals surface area contributed by atoms with E-state index in [0.717, 1.165) is 5.69 Å². The summed E-state index contributed by atoms with van der Waals surface area (Å²) in [5, 5.41) is 7.05. The first-order chi connectivity index (χ1) is 7.38. The van der Waals surface area contributed by atoms with Crippen LogP contribution in [0.1, 0.15) is 32.9 Å². The fourth-order valence-electron chi connectivity index (χ4n) is 1.72. The molecule has 1 fully saturated rings. The van der Waals surface area contributed by atoms with Crippen LogP contribution in [-0.4, -0.2) is 28.0 Å². The molecule has 1 unspecified atom stereocenters. The predicted octanol–water partition coefficient (Wildman–Crippen LogP) is 2.05. The molecular weight excluding hydrogens is 226 g/mol. The van der Waals surface area contributed by atoms with Crippen LogP contribution in [0.5, 0.6) is 0 Å². The third kappa shape index (κ3) is 2.07. The Kier molecular flexibility index (Phi) is 2.70. The highest BCUT2D eigenvalue weighted by Gasteiger charge is 2.31. The molecule has 1 atom stereocenters. The molecular formula is C11H16ClN3O. The number of H-pyrrole nitrogens is 1. The van der Waals surface area contributed by atoms with Crippen molar-refractivity contribution >= 4 is 23.3 Å². The number of aromatic nitrogens is 2. The smallest absolute Gasteiger partial charge is 0.229 e. The molecule has 1 aromatic heterocycles. The number of hydrogen-bond donors (Lipinski definition) is 1. The van der Waals surface area contributed by atoms with Crippen LogP contribution >= 0.6 is 11.6 Å². The van der Waals surface area contributed by atoms with Crippen LogP contribution in [0.15, 0.2) is 6.07 Å². The van der Waals surface area contributed by atoms with Gasteiger partial charge >= 0.3 is 0 Å². The van der Waals surface area contributed by atoms with Crippen molar-refractivity contribution in [3.05, 3.63) is 11.8 Å². The molecule has 1 aliphatic heterocycles. The van der Waals surface area contributed by atoms with Gasteiger partial charge in [-0.05, 0) is 0 Å². The first kappa shape index (κ1) is 11.5. The van der Waals surface area contributed by atoms with Gasteiger partial charge in [0.15, 0.2) is 5.82 Å². The van der Waals surface area contributed by atoms with Gasteiger partial charge in [0.1, 0.15) is 0 Å². The van der Waals surface area contributed by atoms with Crippen molar-refractivity contribution in [3.63, 3.8) is 0 Å². The largest absolute Gasteiger partial charge is 0.294 e. The summed E-state index contributed by atoms with van der Waals surface area (Å²) in [6.07, 6.45) is 0.402. The topological polar surface area (TPSA) is 49.0 Å². The molecule has 1 aromatic rings. The van der Waals surface area contributed by atoms with Crippen LogP contribution in [0.2, 0.25) is 0 Å². The molecule has 1 saturated heterocycles. The van der Waals surface area contributed by atoms with Gasteiger partial charge in [0.25, 0.3) is 0 Å². The number of anilines is 1. The van der Waals surface area contributed by atoms with Crippen molar-refractivity contribution in [2.24, 2.45) is 0 Å². The summed E-state index contributed by atoms with van der Waals surface area (Å²) in [7, 11) is 0. The standard InChI is InChI=1S/C11H16ClN3O/c1-11(2,3)8-5-9(14-13-8)15-6-7(12)4-10(15)16/h5,7H,4,6H2,1-3H3,(H,13,14). The van der Waals surface area contributed by atoms with E-state index < -0.39 is 0 Å². The maximum Gasteiger partial charge on any atom is 0.229 e. The van der Waals surface area contributed by atoms with E-state index >= 15 is 0 Å². The van der Waals surface area contributed by atoms with Crippen molar-refractivity contribution in [1.29, 1.82) is 0 Å². The van der Waals surface area contributed by atoms with Gasteiger partial charge in [0, 0.05) is 30.1 Å². The normalized spacial score (nSPS) is 21.9. The van der Waals surface area contributed by atoms with Crippen LogP contribution in [0.3, 0.4) is 0 Å². The monoisotopic (exact) mass is 241 g/mol. The maximum absolute atomic E-state index is 11.6. The Morgan fingerprint density at radius 3 is 2.69 bits per heavy atom. The van der Waals surface area contributed by atoms with Crippen molar-refractivity contribution < 1.29 is 4.79 Å². The molecule has 5 heteroatoms. The van der Waals surface area contributed by atoms with Gasteiger partial charge in [-0.25, -0.2) is 0 Å². The van der Waals surface area contributed by atoms with Crippen molar-refractivity contribution in [2.75, 3.05) is 11.4 Å². The van der Waals surface area contributed by atoms with E-state index in [0.29, 0.717) is 18.8 Å². The van der Waals surface area contributed by atoms with Crippen molar-refractivity contribution in [2.45, 2.75) is 38.0 Å². The van der Waals surface area contributed by atoms with E-state index in [1.54, 1.807) is 4.90 Å². The van der Waals surface area contributed by atoms with E-state index in [1.165, 1.54) is 0 Å². The number of nitrogens with zero attached hydrogens (tertiary/aromatic N) is 2. The highest BCUT2D eigenvalue weighted by atomic mass is 35.5. The highest BCUT2D eigenvalue weighted by Crippen LogP contribution is 2.27. The lowest BCUT2D eigenvalue weighted by atomic mass is 9.92. The minimum atomic E-state index is -0.0951. The molecule has 4 nitrogen and oxygen atoms in total. The molecule has 0 radical (unpaired) electrons. The fraction of sp³-hybridized carbons (Fsp3) is 0.636. The zero-order valence-corrected chi connectivity index (χ0v) is 10.5. The van der Waals surface area contributed by atoms with Crippen LogP contribution in [-0.2, 0) is 10.2 Å². The molecule has 16 heavy (non-hydrogen) atoms. The lowest BCUT2D eigenvalue weighted by Crippen LogP contribution is -2.24. The van der Waals surface area contributed by atoms with Gasteiger partial charge < -0.3 is 0 Å². The van der Waals surface area contributed by atoms with E-state index in [4.69, 9.17) is 11.6 Å².